The third-order valence-corrected chi connectivity index (χ3v) is 2.57. The molecule has 0 amide bonds. The fourth-order valence-electron chi connectivity index (χ4n) is 1.28. The van der Waals surface area contributed by atoms with Gasteiger partial charge in [-0.15, -0.1) is 0 Å². The van der Waals surface area contributed by atoms with Crippen LogP contribution in [0.3, 0.4) is 0 Å². The molecule has 0 aliphatic carbocycles. The van der Waals surface area contributed by atoms with Gasteiger partial charge >= 0.3 is 0 Å². The van der Waals surface area contributed by atoms with Crippen molar-refractivity contribution in [1.29, 1.82) is 0 Å². The Labute approximate surface area is 90.4 Å². The number of aromatic nitrogens is 1. The van der Waals surface area contributed by atoms with Crippen LogP contribution in [-0.4, -0.2) is 4.98 Å². The fourth-order valence-corrected chi connectivity index (χ4v) is 1.82. The first-order valence-corrected chi connectivity index (χ1v) is 5.22. The summed E-state index contributed by atoms with van der Waals surface area (Å²) in [6, 6.07) is 3.63. The summed E-state index contributed by atoms with van der Waals surface area (Å²) in [5, 5.41) is 0. The average Bonchev–Trinajstić information content (AvgIpc) is 2.47. The van der Waals surface area contributed by atoms with Gasteiger partial charge in [-0.25, -0.2) is 4.98 Å². The van der Waals surface area contributed by atoms with Crippen molar-refractivity contribution in [3.8, 4) is 0 Å². The molecule has 0 aliphatic rings. The molecular weight excluding hydrogens is 244 g/mol. The number of nitrogens with two attached hydrogens (primary N) is 1. The monoisotopic (exact) mass is 254 g/mol. The molecule has 1 aromatic heterocycles. The first kappa shape index (κ1) is 9.52. The lowest BCUT2D eigenvalue weighted by Crippen LogP contribution is -1.85. The number of halogens is 1. The van der Waals surface area contributed by atoms with Crippen LogP contribution < -0.4 is 5.73 Å². The molecule has 1 heterocycles. The van der Waals surface area contributed by atoms with Gasteiger partial charge in [0, 0.05) is 11.6 Å². The number of fused-ring (bicyclic) bond motifs is 1. The lowest BCUT2D eigenvalue weighted by Gasteiger charge is -1.94. The second-order valence-electron chi connectivity index (χ2n) is 3.56. The van der Waals surface area contributed by atoms with Gasteiger partial charge in [0.1, 0.15) is 5.52 Å². The topological polar surface area (TPSA) is 52.0 Å². The highest BCUT2D eigenvalue weighted by Gasteiger charge is 2.11. The minimum Gasteiger partial charge on any atom is -0.439 e. The van der Waals surface area contributed by atoms with E-state index in [-0.39, 0.29) is 5.92 Å². The van der Waals surface area contributed by atoms with E-state index in [1.807, 2.05) is 26.0 Å². The van der Waals surface area contributed by atoms with Crippen LogP contribution in [0, 0.1) is 0 Å². The number of hydrogen-bond acceptors (Lipinski definition) is 3. The highest BCUT2D eigenvalue weighted by molar-refractivity contribution is 9.10. The lowest BCUT2D eigenvalue weighted by atomic mass is 10.2. The van der Waals surface area contributed by atoms with E-state index in [0.29, 0.717) is 5.69 Å². The molecule has 1 aromatic carbocycles. The fraction of sp³-hybridized carbons (Fsp3) is 0.300. The minimum atomic E-state index is 0.288. The van der Waals surface area contributed by atoms with Crippen molar-refractivity contribution in [2.75, 3.05) is 5.73 Å². The van der Waals surface area contributed by atoms with Crippen molar-refractivity contribution in [3.05, 3.63) is 22.5 Å². The van der Waals surface area contributed by atoms with Gasteiger partial charge in [0.05, 0.1) is 4.47 Å². The first-order valence-electron chi connectivity index (χ1n) is 4.43. The normalized spacial score (nSPS) is 11.4. The van der Waals surface area contributed by atoms with Gasteiger partial charge in [-0.05, 0) is 28.1 Å². The van der Waals surface area contributed by atoms with Crippen LogP contribution >= 0.6 is 15.9 Å². The highest BCUT2D eigenvalue weighted by atomic mass is 79.9. The molecule has 0 radical (unpaired) electrons. The SMILES string of the molecule is CC(C)c1nc2cc(N)cc(Br)c2o1. The van der Waals surface area contributed by atoms with Crippen LogP contribution in [0.15, 0.2) is 21.0 Å². The quantitative estimate of drug-likeness (QED) is 0.795. The molecule has 0 saturated heterocycles. The Hall–Kier alpha value is -1.03. The maximum absolute atomic E-state index is 5.70. The van der Waals surface area contributed by atoms with E-state index in [9.17, 15) is 0 Å². The molecule has 0 spiro atoms. The highest BCUT2D eigenvalue weighted by Crippen LogP contribution is 2.29. The van der Waals surface area contributed by atoms with Crippen LogP contribution in [0.2, 0.25) is 0 Å². The summed E-state index contributed by atoms with van der Waals surface area (Å²) in [7, 11) is 0. The van der Waals surface area contributed by atoms with E-state index >= 15 is 0 Å². The summed E-state index contributed by atoms with van der Waals surface area (Å²) >= 11 is 3.40. The van der Waals surface area contributed by atoms with E-state index < -0.39 is 0 Å². The van der Waals surface area contributed by atoms with Crippen molar-refractivity contribution < 1.29 is 4.42 Å². The number of anilines is 1. The number of rotatable bonds is 1. The van der Waals surface area contributed by atoms with Crippen molar-refractivity contribution in [2.45, 2.75) is 19.8 Å². The summed E-state index contributed by atoms with van der Waals surface area (Å²) in [6.45, 7) is 4.09. The van der Waals surface area contributed by atoms with Crippen molar-refractivity contribution in [1.82, 2.24) is 4.98 Å². The maximum atomic E-state index is 5.70. The van der Waals surface area contributed by atoms with Crippen molar-refractivity contribution in [2.24, 2.45) is 0 Å². The van der Waals surface area contributed by atoms with E-state index in [2.05, 4.69) is 20.9 Å². The molecule has 3 nitrogen and oxygen atoms in total. The molecule has 0 bridgehead atoms. The number of hydrogen-bond donors (Lipinski definition) is 1. The lowest BCUT2D eigenvalue weighted by molar-refractivity contribution is 0.500. The van der Waals surface area contributed by atoms with E-state index in [4.69, 9.17) is 10.2 Å². The van der Waals surface area contributed by atoms with Gasteiger partial charge in [0.15, 0.2) is 11.5 Å². The van der Waals surface area contributed by atoms with Crippen LogP contribution in [0.4, 0.5) is 5.69 Å². The Morgan fingerprint density at radius 1 is 1.43 bits per heavy atom. The van der Waals surface area contributed by atoms with Gasteiger partial charge < -0.3 is 10.2 Å². The summed E-state index contributed by atoms with van der Waals surface area (Å²) in [6.07, 6.45) is 0. The zero-order chi connectivity index (χ0) is 10.3. The molecule has 0 unspecified atom stereocenters. The minimum absolute atomic E-state index is 0.288. The standard InChI is InChI=1S/C10H11BrN2O/c1-5(2)10-13-8-4-6(12)3-7(11)9(8)14-10/h3-5H,12H2,1-2H3. The molecular formula is C10H11BrN2O. The molecule has 0 aliphatic heterocycles. The van der Waals surface area contributed by atoms with Gasteiger partial charge in [0.2, 0.25) is 0 Å². The van der Waals surface area contributed by atoms with Crippen LogP contribution in [0.25, 0.3) is 11.1 Å². The molecule has 4 heteroatoms. The number of oxazole rings is 1. The van der Waals surface area contributed by atoms with E-state index in [1.54, 1.807) is 0 Å². The summed E-state index contributed by atoms with van der Waals surface area (Å²) < 4.78 is 6.46. The molecule has 2 rings (SSSR count). The van der Waals surface area contributed by atoms with E-state index in [1.165, 1.54) is 0 Å². The Balaban J connectivity index is 2.70. The van der Waals surface area contributed by atoms with Gasteiger partial charge in [0.25, 0.3) is 0 Å². The Morgan fingerprint density at radius 3 is 2.79 bits per heavy atom. The average molecular weight is 255 g/mol. The zero-order valence-electron chi connectivity index (χ0n) is 8.04. The van der Waals surface area contributed by atoms with Crippen LogP contribution in [-0.2, 0) is 0 Å². The van der Waals surface area contributed by atoms with Gasteiger partial charge in [-0.3, -0.25) is 0 Å². The smallest absolute Gasteiger partial charge is 0.198 e. The molecule has 0 fully saturated rings. The first-order chi connectivity index (χ1) is 6.58. The second kappa shape index (κ2) is 3.28. The predicted octanol–water partition coefficient (Wildman–Crippen LogP) is 3.30. The van der Waals surface area contributed by atoms with Gasteiger partial charge in [-0.1, -0.05) is 13.8 Å². The summed E-state index contributed by atoms with van der Waals surface area (Å²) in [5.74, 6) is 1.03. The predicted molar refractivity (Wildman–Crippen MR) is 60.2 cm³/mol. The largest absolute Gasteiger partial charge is 0.439 e. The van der Waals surface area contributed by atoms with Crippen LogP contribution in [0.1, 0.15) is 25.7 Å². The second-order valence-corrected chi connectivity index (χ2v) is 4.41. The molecule has 14 heavy (non-hydrogen) atoms. The molecule has 0 saturated carbocycles. The third kappa shape index (κ3) is 1.50. The number of benzene rings is 1. The molecule has 2 N–H and O–H groups in total. The zero-order valence-corrected chi connectivity index (χ0v) is 9.63. The summed E-state index contributed by atoms with van der Waals surface area (Å²) in [4.78, 5) is 4.36. The maximum Gasteiger partial charge on any atom is 0.198 e. The van der Waals surface area contributed by atoms with Gasteiger partial charge in [-0.2, -0.15) is 0 Å². The van der Waals surface area contributed by atoms with E-state index in [0.717, 1.165) is 21.5 Å². The molecule has 2 aromatic rings. The number of nitrogens with zero attached hydrogens (tertiary/aromatic N) is 1. The molecule has 74 valence electrons. The third-order valence-electron chi connectivity index (χ3n) is 1.98. The Kier molecular flexibility index (Phi) is 2.23. The number of nitrogen functional groups attached to an aromatic ring is 1. The summed E-state index contributed by atoms with van der Waals surface area (Å²) in [5.41, 5.74) is 7.96. The Morgan fingerprint density at radius 2 is 2.14 bits per heavy atom. The van der Waals surface area contributed by atoms with Crippen molar-refractivity contribution >= 4 is 32.7 Å². The molecule has 0 atom stereocenters. The van der Waals surface area contributed by atoms with Crippen LogP contribution in [0.5, 0.6) is 0 Å². The Bertz CT molecular complexity index is 476. The van der Waals surface area contributed by atoms with Crippen molar-refractivity contribution in [3.63, 3.8) is 0 Å².